The fourth-order valence-corrected chi connectivity index (χ4v) is 5.39. The molecule has 1 saturated carbocycles. The number of amides is 2. The van der Waals surface area contributed by atoms with Gasteiger partial charge in [0.15, 0.2) is 5.76 Å². The maximum Gasteiger partial charge on any atom is 0.291 e. The molecule has 162 valence electrons. The molecule has 0 radical (unpaired) electrons. The van der Waals surface area contributed by atoms with Crippen molar-refractivity contribution in [2.24, 2.45) is 0 Å². The summed E-state index contributed by atoms with van der Waals surface area (Å²) in [6.07, 6.45) is 6.40. The van der Waals surface area contributed by atoms with Gasteiger partial charge in [-0.2, -0.15) is 11.8 Å². The van der Waals surface area contributed by atoms with E-state index in [1.165, 1.54) is 37.0 Å². The molecule has 1 aromatic heterocycles. The highest BCUT2D eigenvalue weighted by Crippen LogP contribution is 2.35. The molecule has 2 aromatic carbocycles. The molecule has 0 spiro atoms. The van der Waals surface area contributed by atoms with Crippen LogP contribution in [0.3, 0.4) is 0 Å². The van der Waals surface area contributed by atoms with Crippen molar-refractivity contribution in [3.8, 4) is 0 Å². The molecule has 1 aliphatic rings. The zero-order chi connectivity index (χ0) is 21.8. The number of hydrogen-bond donors (Lipinski definition) is 1. The van der Waals surface area contributed by atoms with Crippen LogP contribution in [-0.4, -0.2) is 36.1 Å². The van der Waals surface area contributed by atoms with Crippen LogP contribution in [0.4, 0.5) is 5.69 Å². The van der Waals surface area contributed by atoms with E-state index in [2.05, 4.69) is 5.32 Å². The van der Waals surface area contributed by atoms with Crippen molar-refractivity contribution in [3.63, 3.8) is 0 Å². The molecule has 1 N–H and O–H groups in total. The van der Waals surface area contributed by atoms with E-state index in [0.717, 1.165) is 22.3 Å². The Bertz CT molecular complexity index is 1080. The predicted molar refractivity (Wildman–Crippen MR) is 127 cm³/mol. The van der Waals surface area contributed by atoms with Gasteiger partial charge in [0.2, 0.25) is 0 Å². The summed E-state index contributed by atoms with van der Waals surface area (Å²) in [7, 11) is 3.41. The largest absolute Gasteiger partial charge is 0.451 e. The molecule has 0 bridgehead atoms. The number of para-hydroxylation sites is 1. The Kier molecular flexibility index (Phi) is 6.66. The smallest absolute Gasteiger partial charge is 0.291 e. The summed E-state index contributed by atoms with van der Waals surface area (Å²) in [6.45, 7) is 0. The first-order valence-corrected chi connectivity index (χ1v) is 11.8. The molecule has 0 atom stereocenters. The number of carbonyl (C=O) groups is 2. The van der Waals surface area contributed by atoms with Gasteiger partial charge in [0, 0.05) is 47.3 Å². The van der Waals surface area contributed by atoms with Crippen LogP contribution >= 0.6 is 11.8 Å². The van der Waals surface area contributed by atoms with Gasteiger partial charge in [-0.05, 0) is 37.1 Å². The molecule has 5 nitrogen and oxygen atoms in total. The number of furan rings is 1. The summed E-state index contributed by atoms with van der Waals surface area (Å²) in [4.78, 5) is 26.9. The summed E-state index contributed by atoms with van der Waals surface area (Å²) in [5.41, 5.74) is 2.78. The van der Waals surface area contributed by atoms with E-state index in [0.29, 0.717) is 22.3 Å². The molecule has 0 saturated heterocycles. The number of carbonyl (C=O) groups excluding carboxylic acids is 2. The Morgan fingerprint density at radius 2 is 1.84 bits per heavy atom. The fourth-order valence-electron chi connectivity index (χ4n) is 4.03. The number of rotatable bonds is 6. The van der Waals surface area contributed by atoms with Gasteiger partial charge in [-0.1, -0.05) is 43.5 Å². The lowest BCUT2D eigenvalue weighted by Gasteiger charge is -2.20. The predicted octanol–water partition coefficient (Wildman–Crippen LogP) is 5.95. The number of anilines is 1. The van der Waals surface area contributed by atoms with Gasteiger partial charge in [0.25, 0.3) is 11.8 Å². The topological polar surface area (TPSA) is 62.6 Å². The average molecular weight is 437 g/mol. The van der Waals surface area contributed by atoms with Gasteiger partial charge in [-0.15, -0.1) is 0 Å². The van der Waals surface area contributed by atoms with E-state index >= 15 is 0 Å². The molecular weight excluding hydrogens is 408 g/mol. The van der Waals surface area contributed by atoms with Crippen molar-refractivity contribution in [1.82, 2.24) is 4.90 Å². The molecule has 0 unspecified atom stereocenters. The molecule has 0 aliphatic heterocycles. The second kappa shape index (κ2) is 9.60. The lowest BCUT2D eigenvalue weighted by molar-refractivity contribution is 0.0827. The quantitative estimate of drug-likeness (QED) is 0.518. The van der Waals surface area contributed by atoms with Crippen LogP contribution in [0.1, 0.15) is 58.6 Å². The maximum atomic E-state index is 13.2. The third kappa shape index (κ3) is 4.96. The van der Waals surface area contributed by atoms with Crippen LogP contribution in [0.2, 0.25) is 0 Å². The average Bonchev–Trinajstić information content (AvgIpc) is 3.17. The number of benzene rings is 2. The molecular formula is C25H28N2O3S. The zero-order valence-electron chi connectivity index (χ0n) is 18.0. The Hall–Kier alpha value is -2.73. The van der Waals surface area contributed by atoms with Gasteiger partial charge >= 0.3 is 0 Å². The van der Waals surface area contributed by atoms with E-state index in [4.69, 9.17) is 4.42 Å². The minimum Gasteiger partial charge on any atom is -0.451 e. The SMILES string of the molecule is CN(C)C(=O)c1cccc(NC(=O)c2oc3ccccc3c2CSC2CCCCC2)c1. The Labute approximate surface area is 187 Å². The number of hydrogen-bond acceptors (Lipinski definition) is 4. The minimum atomic E-state index is -0.287. The number of thioether (sulfide) groups is 1. The molecule has 1 heterocycles. The number of nitrogens with one attached hydrogen (secondary N) is 1. The minimum absolute atomic E-state index is 0.107. The first-order valence-electron chi connectivity index (χ1n) is 10.8. The standard InChI is InChI=1S/C25H28N2O3S/c1-27(2)25(29)17-9-8-10-18(15-17)26-24(28)23-21(16-31-19-11-4-3-5-12-19)20-13-6-7-14-22(20)30-23/h6-10,13-15,19H,3-5,11-12,16H2,1-2H3,(H,26,28). The molecule has 31 heavy (non-hydrogen) atoms. The van der Waals surface area contributed by atoms with Crippen molar-refractivity contribution in [2.45, 2.75) is 43.1 Å². The van der Waals surface area contributed by atoms with E-state index in [-0.39, 0.29) is 11.8 Å². The first-order chi connectivity index (χ1) is 15.0. The van der Waals surface area contributed by atoms with Crippen LogP contribution < -0.4 is 5.32 Å². The third-order valence-electron chi connectivity index (χ3n) is 5.69. The monoisotopic (exact) mass is 436 g/mol. The van der Waals surface area contributed by atoms with Gasteiger partial charge in [-0.3, -0.25) is 9.59 Å². The molecule has 4 rings (SSSR count). The summed E-state index contributed by atoms with van der Waals surface area (Å²) in [6, 6.07) is 14.8. The highest BCUT2D eigenvalue weighted by molar-refractivity contribution is 7.99. The third-order valence-corrected chi connectivity index (χ3v) is 7.09. The van der Waals surface area contributed by atoms with Crippen molar-refractivity contribution < 1.29 is 14.0 Å². The van der Waals surface area contributed by atoms with Crippen molar-refractivity contribution in [2.75, 3.05) is 19.4 Å². The Balaban J connectivity index is 1.57. The lowest BCUT2D eigenvalue weighted by Crippen LogP contribution is -2.22. The van der Waals surface area contributed by atoms with Crippen LogP contribution in [0, 0.1) is 0 Å². The molecule has 1 aliphatic carbocycles. The fraction of sp³-hybridized carbons (Fsp3) is 0.360. The van der Waals surface area contributed by atoms with Gasteiger partial charge < -0.3 is 14.6 Å². The van der Waals surface area contributed by atoms with Gasteiger partial charge in [0.05, 0.1) is 0 Å². The first kappa shape index (κ1) is 21.5. The normalized spacial score (nSPS) is 14.5. The highest BCUT2D eigenvalue weighted by Gasteiger charge is 2.23. The van der Waals surface area contributed by atoms with Crippen LogP contribution in [0.15, 0.2) is 52.9 Å². The number of nitrogens with zero attached hydrogens (tertiary/aromatic N) is 1. The summed E-state index contributed by atoms with van der Waals surface area (Å²) >= 11 is 1.93. The van der Waals surface area contributed by atoms with Crippen LogP contribution in [0.5, 0.6) is 0 Å². The van der Waals surface area contributed by atoms with E-state index < -0.39 is 0 Å². The van der Waals surface area contributed by atoms with Gasteiger partial charge in [-0.25, -0.2) is 0 Å². The summed E-state index contributed by atoms with van der Waals surface area (Å²) in [5, 5.41) is 4.56. The number of fused-ring (bicyclic) bond motifs is 1. The lowest BCUT2D eigenvalue weighted by atomic mass is 10.0. The Morgan fingerprint density at radius 3 is 2.61 bits per heavy atom. The molecule has 1 fully saturated rings. The van der Waals surface area contributed by atoms with E-state index in [9.17, 15) is 9.59 Å². The summed E-state index contributed by atoms with van der Waals surface area (Å²) < 4.78 is 5.99. The molecule has 3 aromatic rings. The molecule has 2 amide bonds. The van der Waals surface area contributed by atoms with Gasteiger partial charge in [0.1, 0.15) is 5.58 Å². The summed E-state index contributed by atoms with van der Waals surface area (Å²) in [5.74, 6) is 0.715. The van der Waals surface area contributed by atoms with E-state index in [1.54, 1.807) is 38.4 Å². The highest BCUT2D eigenvalue weighted by atomic mass is 32.2. The second-order valence-electron chi connectivity index (χ2n) is 8.21. The van der Waals surface area contributed by atoms with Crippen molar-refractivity contribution in [1.29, 1.82) is 0 Å². The van der Waals surface area contributed by atoms with Crippen molar-refractivity contribution >= 4 is 40.2 Å². The van der Waals surface area contributed by atoms with Crippen molar-refractivity contribution in [3.05, 3.63) is 65.4 Å². The second-order valence-corrected chi connectivity index (χ2v) is 9.50. The Morgan fingerprint density at radius 1 is 1.06 bits per heavy atom. The molecule has 6 heteroatoms. The maximum absolute atomic E-state index is 13.2. The van der Waals surface area contributed by atoms with Crippen LogP contribution in [0.25, 0.3) is 11.0 Å². The zero-order valence-corrected chi connectivity index (χ0v) is 18.8. The van der Waals surface area contributed by atoms with E-state index in [1.807, 2.05) is 36.0 Å². The van der Waals surface area contributed by atoms with Crippen LogP contribution in [-0.2, 0) is 5.75 Å².